The molecule has 0 aliphatic carbocycles. The van der Waals surface area contributed by atoms with Crippen molar-refractivity contribution in [3.63, 3.8) is 0 Å². The van der Waals surface area contributed by atoms with Gasteiger partial charge in [0.1, 0.15) is 0 Å². The average Bonchev–Trinajstić information content (AvgIpc) is 3.10. The first kappa shape index (κ1) is 18.6. The van der Waals surface area contributed by atoms with Gasteiger partial charge in [0.2, 0.25) is 5.89 Å². The summed E-state index contributed by atoms with van der Waals surface area (Å²) in [4.78, 5) is 23.6. The number of nitro groups is 1. The lowest BCUT2D eigenvalue weighted by molar-refractivity contribution is -0.384. The van der Waals surface area contributed by atoms with E-state index >= 15 is 0 Å². The predicted octanol–water partition coefficient (Wildman–Crippen LogP) is 3.93. The minimum Gasteiger partial charge on any atom is -0.407 e. The Bertz CT molecular complexity index is 956. The molecule has 27 heavy (non-hydrogen) atoms. The SMILES string of the molecule is CCSc1ccc(Cc2nnc(NC(=O)c3cccc([N+](=O)[O-])c3)o2)cc1. The van der Waals surface area contributed by atoms with Crippen LogP contribution in [0.3, 0.4) is 0 Å². The number of nitro benzene ring substituents is 1. The van der Waals surface area contributed by atoms with Crippen LogP contribution in [0.4, 0.5) is 11.7 Å². The Morgan fingerprint density at radius 2 is 2.00 bits per heavy atom. The van der Waals surface area contributed by atoms with Crippen molar-refractivity contribution in [3.05, 3.63) is 75.7 Å². The van der Waals surface area contributed by atoms with Crippen molar-refractivity contribution in [2.75, 3.05) is 11.1 Å². The number of benzene rings is 2. The van der Waals surface area contributed by atoms with Crippen LogP contribution in [0.15, 0.2) is 57.8 Å². The second kappa shape index (κ2) is 8.45. The van der Waals surface area contributed by atoms with E-state index in [1.54, 1.807) is 11.8 Å². The molecule has 0 saturated carbocycles. The van der Waals surface area contributed by atoms with Gasteiger partial charge >= 0.3 is 6.01 Å². The summed E-state index contributed by atoms with van der Waals surface area (Å²) in [5.41, 5.74) is 0.974. The van der Waals surface area contributed by atoms with Crippen molar-refractivity contribution < 1.29 is 14.1 Å². The number of carbonyl (C=O) groups excluding carboxylic acids is 1. The first-order valence-corrected chi connectivity index (χ1v) is 9.13. The van der Waals surface area contributed by atoms with Gasteiger partial charge in [0.05, 0.1) is 11.3 Å². The Balaban J connectivity index is 1.64. The second-order valence-corrected chi connectivity index (χ2v) is 6.85. The maximum absolute atomic E-state index is 12.2. The number of rotatable bonds is 7. The number of carbonyl (C=O) groups is 1. The summed E-state index contributed by atoms with van der Waals surface area (Å²) in [5.74, 6) is 0.812. The lowest BCUT2D eigenvalue weighted by Gasteiger charge is -2.01. The van der Waals surface area contributed by atoms with Gasteiger partial charge in [-0.3, -0.25) is 20.2 Å². The number of thioether (sulfide) groups is 1. The van der Waals surface area contributed by atoms with E-state index in [4.69, 9.17) is 4.42 Å². The van der Waals surface area contributed by atoms with E-state index in [1.807, 2.05) is 24.3 Å². The van der Waals surface area contributed by atoms with Gasteiger partial charge in [0.25, 0.3) is 11.6 Å². The van der Waals surface area contributed by atoms with E-state index in [0.717, 1.165) is 11.3 Å². The Morgan fingerprint density at radius 1 is 1.22 bits per heavy atom. The average molecular weight is 384 g/mol. The Morgan fingerprint density at radius 3 is 2.70 bits per heavy atom. The number of amides is 1. The molecule has 138 valence electrons. The number of hydrogen-bond acceptors (Lipinski definition) is 7. The van der Waals surface area contributed by atoms with Crippen molar-refractivity contribution in [2.45, 2.75) is 18.2 Å². The third-order valence-corrected chi connectivity index (χ3v) is 4.49. The summed E-state index contributed by atoms with van der Waals surface area (Å²) in [6, 6.07) is 13.4. The van der Waals surface area contributed by atoms with Gasteiger partial charge < -0.3 is 4.42 Å². The van der Waals surface area contributed by atoms with E-state index in [2.05, 4.69) is 22.4 Å². The topological polar surface area (TPSA) is 111 Å². The number of anilines is 1. The highest BCUT2D eigenvalue weighted by atomic mass is 32.2. The van der Waals surface area contributed by atoms with Crippen molar-refractivity contribution in [3.8, 4) is 0 Å². The van der Waals surface area contributed by atoms with Gasteiger partial charge in [0.15, 0.2) is 0 Å². The molecular formula is C18H16N4O4S. The molecule has 0 spiro atoms. The van der Waals surface area contributed by atoms with E-state index in [0.29, 0.717) is 12.3 Å². The zero-order valence-corrected chi connectivity index (χ0v) is 15.2. The molecule has 1 aromatic heterocycles. The molecule has 0 saturated heterocycles. The van der Waals surface area contributed by atoms with E-state index in [1.165, 1.54) is 29.2 Å². The number of hydrogen-bond donors (Lipinski definition) is 1. The van der Waals surface area contributed by atoms with Crippen LogP contribution in [0, 0.1) is 10.1 Å². The molecule has 1 N–H and O–H groups in total. The molecule has 0 radical (unpaired) electrons. The van der Waals surface area contributed by atoms with Gasteiger partial charge in [-0.2, -0.15) is 0 Å². The first-order chi connectivity index (χ1) is 13.0. The molecule has 0 bridgehead atoms. The number of aromatic nitrogens is 2. The largest absolute Gasteiger partial charge is 0.407 e. The van der Waals surface area contributed by atoms with Crippen molar-refractivity contribution in [1.29, 1.82) is 0 Å². The standard InChI is InChI=1S/C18H16N4O4S/c1-2-27-15-8-6-12(7-9-15)10-16-20-21-18(26-16)19-17(23)13-4-3-5-14(11-13)22(24)25/h3-9,11H,2,10H2,1H3,(H,19,21,23). The minimum atomic E-state index is -0.564. The molecule has 0 aliphatic heterocycles. The predicted molar refractivity (Wildman–Crippen MR) is 101 cm³/mol. The highest BCUT2D eigenvalue weighted by Gasteiger charge is 2.15. The fraction of sp³-hybridized carbons (Fsp3) is 0.167. The molecule has 0 fully saturated rings. The van der Waals surface area contributed by atoms with Gasteiger partial charge in [-0.05, 0) is 29.5 Å². The molecule has 8 nitrogen and oxygen atoms in total. The van der Waals surface area contributed by atoms with E-state index in [9.17, 15) is 14.9 Å². The molecule has 3 rings (SSSR count). The molecule has 1 amide bonds. The third kappa shape index (κ3) is 4.91. The number of non-ortho nitro benzene ring substituents is 1. The number of nitrogens with zero attached hydrogens (tertiary/aromatic N) is 3. The van der Waals surface area contributed by atoms with Crippen LogP contribution >= 0.6 is 11.8 Å². The van der Waals surface area contributed by atoms with Crippen molar-refractivity contribution >= 4 is 29.4 Å². The van der Waals surface area contributed by atoms with E-state index in [-0.39, 0.29) is 17.3 Å². The number of nitrogens with one attached hydrogen (secondary N) is 1. The van der Waals surface area contributed by atoms with Gasteiger partial charge in [0, 0.05) is 22.6 Å². The molecule has 2 aromatic carbocycles. The summed E-state index contributed by atoms with van der Waals surface area (Å²) in [5, 5.41) is 21.0. The third-order valence-electron chi connectivity index (χ3n) is 3.60. The Hall–Kier alpha value is -3.20. The van der Waals surface area contributed by atoms with Crippen LogP contribution in [0.1, 0.15) is 28.7 Å². The zero-order chi connectivity index (χ0) is 19.2. The van der Waals surface area contributed by atoms with Crippen LogP contribution in [0.25, 0.3) is 0 Å². The molecule has 0 unspecified atom stereocenters. The van der Waals surface area contributed by atoms with Gasteiger partial charge in [-0.1, -0.05) is 30.2 Å². The maximum atomic E-state index is 12.2. The van der Waals surface area contributed by atoms with Crippen molar-refractivity contribution in [1.82, 2.24) is 10.2 Å². The maximum Gasteiger partial charge on any atom is 0.322 e. The zero-order valence-electron chi connectivity index (χ0n) is 14.4. The first-order valence-electron chi connectivity index (χ1n) is 8.15. The molecular weight excluding hydrogens is 368 g/mol. The van der Waals surface area contributed by atoms with Crippen LogP contribution in [0.2, 0.25) is 0 Å². The van der Waals surface area contributed by atoms with Crippen LogP contribution in [-0.2, 0) is 6.42 Å². The lowest BCUT2D eigenvalue weighted by Crippen LogP contribution is -2.12. The smallest absolute Gasteiger partial charge is 0.322 e. The highest BCUT2D eigenvalue weighted by molar-refractivity contribution is 7.99. The molecule has 0 atom stereocenters. The summed E-state index contributed by atoms with van der Waals surface area (Å²) in [6.45, 7) is 2.10. The Kier molecular flexibility index (Phi) is 5.82. The molecule has 0 aliphatic rings. The fourth-order valence-electron chi connectivity index (χ4n) is 2.35. The Labute approximate surface area is 159 Å². The monoisotopic (exact) mass is 384 g/mol. The molecule has 1 heterocycles. The van der Waals surface area contributed by atoms with Crippen molar-refractivity contribution in [2.24, 2.45) is 0 Å². The summed E-state index contributed by atoms with van der Waals surface area (Å²) >= 11 is 1.76. The van der Waals surface area contributed by atoms with E-state index < -0.39 is 10.8 Å². The molecule has 3 aromatic rings. The molecule has 9 heteroatoms. The summed E-state index contributed by atoms with van der Waals surface area (Å²) in [7, 11) is 0. The highest BCUT2D eigenvalue weighted by Crippen LogP contribution is 2.20. The second-order valence-electron chi connectivity index (χ2n) is 5.52. The lowest BCUT2D eigenvalue weighted by atomic mass is 10.1. The summed E-state index contributed by atoms with van der Waals surface area (Å²) < 4.78 is 5.44. The minimum absolute atomic E-state index is 0.0559. The fourth-order valence-corrected chi connectivity index (χ4v) is 3.01. The quantitative estimate of drug-likeness (QED) is 0.373. The van der Waals surface area contributed by atoms with Gasteiger partial charge in [-0.15, -0.1) is 16.9 Å². The van der Waals surface area contributed by atoms with Crippen LogP contribution in [0.5, 0.6) is 0 Å². The van der Waals surface area contributed by atoms with Crippen LogP contribution < -0.4 is 5.32 Å². The summed E-state index contributed by atoms with van der Waals surface area (Å²) in [6.07, 6.45) is 0.441. The normalized spacial score (nSPS) is 10.6. The van der Waals surface area contributed by atoms with Gasteiger partial charge in [-0.25, -0.2) is 0 Å². The van der Waals surface area contributed by atoms with Crippen LogP contribution in [-0.4, -0.2) is 26.8 Å².